The van der Waals surface area contributed by atoms with E-state index in [1.54, 1.807) is 36.0 Å². The van der Waals surface area contributed by atoms with Gasteiger partial charge in [0, 0.05) is 31.8 Å². The fraction of sp³-hybridized carbons (Fsp3) is 0.500. The lowest BCUT2D eigenvalue weighted by Gasteiger charge is -2.32. The number of carbonyl (C=O) groups is 1. The van der Waals surface area contributed by atoms with Gasteiger partial charge in [-0.2, -0.15) is 5.10 Å². The Hall–Kier alpha value is -2.67. The Morgan fingerprint density at radius 2 is 1.77 bits per heavy atom. The second-order valence-corrected chi connectivity index (χ2v) is 8.91. The molecule has 4 rings (SSSR count). The van der Waals surface area contributed by atoms with Gasteiger partial charge in [0.1, 0.15) is 5.69 Å². The van der Waals surface area contributed by atoms with Crippen LogP contribution in [0.3, 0.4) is 0 Å². The fourth-order valence-corrected chi connectivity index (χ4v) is 3.74. The maximum Gasteiger partial charge on any atom is 0.495 e. The van der Waals surface area contributed by atoms with E-state index < -0.39 is 18.3 Å². The molecule has 0 radical (unpaired) electrons. The molecule has 0 N–H and O–H groups in total. The van der Waals surface area contributed by atoms with Crippen molar-refractivity contribution in [3.8, 4) is 0 Å². The summed E-state index contributed by atoms with van der Waals surface area (Å²) in [5.41, 5.74) is 0.771. The molecule has 1 aromatic heterocycles. The SMILES string of the molecule is [C-]#[N+]c1ccc(B2OC(C)(C)C(C)(C)O2)c(C(=O)c2cc(N3CCOCC3)nn2C)c1. The molecule has 0 unspecified atom stereocenters. The first-order chi connectivity index (χ1) is 14.6. The number of anilines is 1. The summed E-state index contributed by atoms with van der Waals surface area (Å²) in [4.78, 5) is 19.2. The summed E-state index contributed by atoms with van der Waals surface area (Å²) in [6.07, 6.45) is 0. The van der Waals surface area contributed by atoms with Gasteiger partial charge < -0.3 is 18.9 Å². The van der Waals surface area contributed by atoms with Crippen LogP contribution in [0, 0.1) is 6.57 Å². The van der Waals surface area contributed by atoms with Gasteiger partial charge in [-0.3, -0.25) is 9.48 Å². The number of hydrogen-bond acceptors (Lipinski definition) is 6. The molecule has 2 aliphatic rings. The molecule has 0 atom stereocenters. The zero-order chi connectivity index (χ0) is 22.4. The Morgan fingerprint density at radius 1 is 1.13 bits per heavy atom. The molecule has 8 nitrogen and oxygen atoms in total. The van der Waals surface area contributed by atoms with E-state index in [-0.39, 0.29) is 5.78 Å². The Bertz CT molecular complexity index is 1030. The van der Waals surface area contributed by atoms with Gasteiger partial charge in [0.25, 0.3) is 0 Å². The van der Waals surface area contributed by atoms with Crippen LogP contribution < -0.4 is 10.4 Å². The number of carbonyl (C=O) groups excluding carboxylic acids is 1. The van der Waals surface area contributed by atoms with Crippen molar-refractivity contribution in [2.45, 2.75) is 38.9 Å². The van der Waals surface area contributed by atoms with Crippen LogP contribution in [0.15, 0.2) is 24.3 Å². The zero-order valence-electron chi connectivity index (χ0n) is 18.6. The largest absolute Gasteiger partial charge is 0.495 e. The quantitative estimate of drug-likeness (QED) is 0.428. The van der Waals surface area contributed by atoms with Gasteiger partial charge >= 0.3 is 7.12 Å². The second-order valence-electron chi connectivity index (χ2n) is 8.91. The monoisotopic (exact) mass is 422 g/mol. The van der Waals surface area contributed by atoms with Crippen LogP contribution in [-0.4, -0.2) is 60.2 Å². The minimum atomic E-state index is -0.698. The minimum absolute atomic E-state index is 0.218. The Kier molecular flexibility index (Phi) is 5.42. The van der Waals surface area contributed by atoms with Crippen LogP contribution in [0.5, 0.6) is 0 Å². The summed E-state index contributed by atoms with van der Waals surface area (Å²) >= 11 is 0. The number of ether oxygens (including phenoxy) is 1. The third kappa shape index (κ3) is 3.87. The highest BCUT2D eigenvalue weighted by atomic mass is 16.7. The van der Waals surface area contributed by atoms with E-state index in [1.165, 1.54) is 0 Å². The molecule has 2 fully saturated rings. The van der Waals surface area contributed by atoms with Crippen molar-refractivity contribution in [3.05, 3.63) is 46.9 Å². The first-order valence-corrected chi connectivity index (χ1v) is 10.4. The molecule has 0 aliphatic carbocycles. The van der Waals surface area contributed by atoms with Crippen molar-refractivity contribution in [2.24, 2.45) is 7.05 Å². The van der Waals surface area contributed by atoms with Crippen LogP contribution >= 0.6 is 0 Å². The van der Waals surface area contributed by atoms with E-state index >= 15 is 0 Å². The van der Waals surface area contributed by atoms with Crippen LogP contribution in [0.1, 0.15) is 43.7 Å². The van der Waals surface area contributed by atoms with Crippen molar-refractivity contribution in [3.63, 3.8) is 0 Å². The van der Waals surface area contributed by atoms with Crippen LogP contribution in [0.25, 0.3) is 4.85 Å². The molecule has 1 aromatic carbocycles. The third-order valence-electron chi connectivity index (χ3n) is 6.35. The van der Waals surface area contributed by atoms with Gasteiger partial charge in [-0.25, -0.2) is 4.85 Å². The Morgan fingerprint density at radius 3 is 2.39 bits per heavy atom. The second kappa shape index (κ2) is 7.79. The molecular formula is C22H27BN4O4. The zero-order valence-corrected chi connectivity index (χ0v) is 18.6. The molecule has 2 saturated heterocycles. The van der Waals surface area contributed by atoms with E-state index in [0.29, 0.717) is 35.6 Å². The normalized spacial score (nSPS) is 20.0. The Labute approximate surface area is 183 Å². The number of nitrogens with zero attached hydrogens (tertiary/aromatic N) is 4. The smallest absolute Gasteiger partial charge is 0.399 e. The molecule has 9 heteroatoms. The maximum absolute atomic E-state index is 13.6. The summed E-state index contributed by atoms with van der Waals surface area (Å²) in [6, 6.07) is 6.85. The number of rotatable bonds is 4. The predicted molar refractivity (Wildman–Crippen MR) is 118 cm³/mol. The van der Waals surface area contributed by atoms with Crippen molar-refractivity contribution >= 4 is 29.9 Å². The van der Waals surface area contributed by atoms with Crippen molar-refractivity contribution in [2.75, 3.05) is 31.2 Å². The van der Waals surface area contributed by atoms with Crippen molar-refractivity contribution < 1.29 is 18.8 Å². The fourth-order valence-electron chi connectivity index (χ4n) is 3.74. The van der Waals surface area contributed by atoms with Gasteiger partial charge in [-0.05, 0) is 39.2 Å². The molecule has 0 spiro atoms. The molecule has 0 amide bonds. The molecular weight excluding hydrogens is 395 g/mol. The standard InChI is InChI=1S/C22H27BN4O4/c1-21(2)22(3,4)31-23(30-21)17-8-7-15(24-5)13-16(17)20(28)18-14-19(25-26(18)6)27-9-11-29-12-10-27/h7-8,13-14H,9-12H2,1-4,6H3. The lowest BCUT2D eigenvalue weighted by molar-refractivity contribution is 0.00578. The van der Waals surface area contributed by atoms with Crippen molar-refractivity contribution in [1.82, 2.24) is 9.78 Å². The average Bonchev–Trinajstić information content (AvgIpc) is 3.23. The lowest BCUT2D eigenvalue weighted by atomic mass is 9.74. The highest BCUT2D eigenvalue weighted by molar-refractivity contribution is 6.64. The highest BCUT2D eigenvalue weighted by Gasteiger charge is 2.52. The molecule has 0 bridgehead atoms. The predicted octanol–water partition coefficient (Wildman–Crippen LogP) is 2.34. The Balaban J connectivity index is 1.72. The number of ketones is 1. The van der Waals surface area contributed by atoms with Crippen LogP contribution in [0.2, 0.25) is 0 Å². The van der Waals surface area contributed by atoms with Gasteiger partial charge in [0.15, 0.2) is 11.5 Å². The molecule has 0 saturated carbocycles. The molecule has 2 aromatic rings. The third-order valence-corrected chi connectivity index (χ3v) is 6.35. The summed E-state index contributed by atoms with van der Waals surface area (Å²) in [5.74, 6) is 0.525. The molecule has 2 aliphatic heterocycles. The van der Waals surface area contributed by atoms with Crippen molar-refractivity contribution in [1.29, 1.82) is 0 Å². The van der Waals surface area contributed by atoms with Crippen LogP contribution in [-0.2, 0) is 21.1 Å². The van der Waals surface area contributed by atoms with E-state index in [0.717, 1.165) is 18.9 Å². The minimum Gasteiger partial charge on any atom is -0.399 e. The number of benzene rings is 1. The molecule has 3 heterocycles. The summed E-state index contributed by atoms with van der Waals surface area (Å²) in [6.45, 7) is 18.0. The van der Waals surface area contributed by atoms with Gasteiger partial charge in [-0.1, -0.05) is 12.1 Å². The number of hydrogen-bond donors (Lipinski definition) is 0. The van der Waals surface area contributed by atoms with Crippen LogP contribution in [0.4, 0.5) is 11.5 Å². The van der Waals surface area contributed by atoms with E-state index in [9.17, 15) is 4.79 Å². The summed E-state index contributed by atoms with van der Waals surface area (Å²) in [5, 5.41) is 4.54. The number of aromatic nitrogens is 2. The number of aryl methyl sites for hydroxylation is 1. The average molecular weight is 422 g/mol. The van der Waals surface area contributed by atoms with E-state index in [4.69, 9.17) is 20.6 Å². The lowest BCUT2D eigenvalue weighted by Crippen LogP contribution is -2.41. The summed E-state index contributed by atoms with van der Waals surface area (Å²) in [7, 11) is 1.06. The molecule has 162 valence electrons. The van der Waals surface area contributed by atoms with Gasteiger partial charge in [-0.15, -0.1) is 0 Å². The summed E-state index contributed by atoms with van der Waals surface area (Å²) < 4.78 is 19.4. The number of morpholine rings is 1. The van der Waals surface area contributed by atoms with Gasteiger partial charge in [0.05, 0.1) is 31.0 Å². The highest BCUT2D eigenvalue weighted by Crippen LogP contribution is 2.37. The first-order valence-electron chi connectivity index (χ1n) is 10.4. The molecule has 31 heavy (non-hydrogen) atoms. The van der Waals surface area contributed by atoms with Gasteiger partial charge in [0.2, 0.25) is 5.78 Å². The first kappa shape index (κ1) is 21.6. The maximum atomic E-state index is 13.6. The van der Waals surface area contributed by atoms with E-state index in [1.807, 2.05) is 27.7 Å². The topological polar surface area (TPSA) is 70.2 Å². The van der Waals surface area contributed by atoms with E-state index in [2.05, 4.69) is 14.8 Å².